The van der Waals surface area contributed by atoms with Crippen LogP contribution in [0.5, 0.6) is 0 Å². The normalized spacial score (nSPS) is 13.6. The van der Waals surface area contributed by atoms with Gasteiger partial charge in [-0.1, -0.05) is 61.0 Å². The Kier molecular flexibility index (Phi) is 4.31. The molecule has 0 aliphatic rings. The number of hydrogen-bond acceptors (Lipinski definition) is 1. The highest BCUT2D eigenvalue weighted by Crippen LogP contribution is 2.24. The van der Waals surface area contributed by atoms with Crippen molar-refractivity contribution in [3.8, 4) is 0 Å². The molecule has 0 fully saturated rings. The third-order valence-corrected chi connectivity index (χ3v) is 2.91. The molecule has 0 radical (unpaired) electrons. The zero-order chi connectivity index (χ0) is 12.3. The van der Waals surface area contributed by atoms with Crippen LogP contribution in [0.25, 0.3) is 0 Å². The first-order chi connectivity index (χ1) is 7.29. The monoisotopic (exact) mass is 282 g/mol. The van der Waals surface area contributed by atoms with Crippen molar-refractivity contribution in [1.82, 2.24) is 0 Å². The van der Waals surface area contributed by atoms with Gasteiger partial charge >= 0.3 is 0 Å². The van der Waals surface area contributed by atoms with E-state index in [-0.39, 0.29) is 11.2 Å². The van der Waals surface area contributed by atoms with Gasteiger partial charge in [0.15, 0.2) is 5.78 Å². The van der Waals surface area contributed by atoms with Crippen molar-refractivity contribution in [1.29, 1.82) is 0 Å². The van der Waals surface area contributed by atoms with Crippen LogP contribution in [0.4, 0.5) is 0 Å². The minimum absolute atomic E-state index is 0.0540. The van der Waals surface area contributed by atoms with Crippen LogP contribution in [0.1, 0.15) is 54.9 Å². The van der Waals surface area contributed by atoms with Crippen LogP contribution in [0.15, 0.2) is 24.3 Å². The van der Waals surface area contributed by atoms with Crippen molar-refractivity contribution < 1.29 is 4.79 Å². The fourth-order valence-corrected chi connectivity index (χ4v) is 1.82. The summed E-state index contributed by atoms with van der Waals surface area (Å²) in [5.74, 6) is 0.223. The van der Waals surface area contributed by atoms with Crippen LogP contribution in [0.2, 0.25) is 0 Å². The topological polar surface area (TPSA) is 17.1 Å². The number of carbonyl (C=O) groups is 1. The average Bonchev–Trinajstić information content (AvgIpc) is 2.15. The van der Waals surface area contributed by atoms with Gasteiger partial charge in [-0.15, -0.1) is 0 Å². The summed E-state index contributed by atoms with van der Waals surface area (Å²) >= 11 is 3.51. The van der Waals surface area contributed by atoms with Gasteiger partial charge in [0, 0.05) is 16.8 Å². The molecule has 0 N–H and O–H groups in total. The number of halogens is 1. The molecule has 0 unspecified atom stereocenters. The van der Waals surface area contributed by atoms with E-state index >= 15 is 0 Å². The SMILES string of the molecule is C[C@@H](Br)c1ccc(C(=O)CC(C)(C)C)cc1. The number of rotatable bonds is 3. The first kappa shape index (κ1) is 13.4. The van der Waals surface area contributed by atoms with Gasteiger partial charge in [-0.2, -0.15) is 0 Å². The third-order valence-electron chi connectivity index (χ3n) is 2.38. The Morgan fingerprint density at radius 1 is 1.25 bits per heavy atom. The lowest BCUT2D eigenvalue weighted by Crippen LogP contribution is -2.13. The Hall–Kier alpha value is -0.630. The molecule has 1 atom stereocenters. The van der Waals surface area contributed by atoms with E-state index in [1.807, 2.05) is 24.3 Å². The smallest absolute Gasteiger partial charge is 0.163 e. The van der Waals surface area contributed by atoms with E-state index < -0.39 is 0 Å². The van der Waals surface area contributed by atoms with Crippen molar-refractivity contribution >= 4 is 21.7 Å². The third kappa shape index (κ3) is 4.09. The number of Topliss-reactive ketones (excluding diaryl/α,β-unsaturated/α-hetero) is 1. The summed E-state index contributed by atoms with van der Waals surface area (Å²) in [6.45, 7) is 8.32. The average molecular weight is 283 g/mol. The van der Waals surface area contributed by atoms with Crippen LogP contribution >= 0.6 is 15.9 Å². The Morgan fingerprint density at radius 3 is 2.12 bits per heavy atom. The number of hydrogen-bond donors (Lipinski definition) is 0. The maximum atomic E-state index is 11.9. The Bertz CT molecular complexity index is 357. The maximum Gasteiger partial charge on any atom is 0.163 e. The summed E-state index contributed by atoms with van der Waals surface area (Å²) in [7, 11) is 0. The van der Waals surface area contributed by atoms with E-state index in [0.717, 1.165) is 5.56 Å². The molecule has 1 aromatic carbocycles. The lowest BCUT2D eigenvalue weighted by atomic mass is 9.88. The lowest BCUT2D eigenvalue weighted by molar-refractivity contribution is 0.0940. The van der Waals surface area contributed by atoms with E-state index in [2.05, 4.69) is 43.6 Å². The van der Waals surface area contributed by atoms with E-state index in [1.54, 1.807) is 0 Å². The molecule has 16 heavy (non-hydrogen) atoms. The summed E-state index contributed by atoms with van der Waals surface area (Å²) < 4.78 is 0. The van der Waals surface area contributed by atoms with Gasteiger partial charge < -0.3 is 0 Å². The zero-order valence-corrected chi connectivity index (χ0v) is 12.0. The quantitative estimate of drug-likeness (QED) is 0.577. The summed E-state index contributed by atoms with van der Waals surface area (Å²) in [6, 6.07) is 7.85. The summed E-state index contributed by atoms with van der Waals surface area (Å²) in [5, 5.41) is 0. The Labute approximate surface area is 106 Å². The van der Waals surface area contributed by atoms with Crippen LogP contribution < -0.4 is 0 Å². The lowest BCUT2D eigenvalue weighted by Gasteiger charge is -2.16. The minimum Gasteiger partial charge on any atom is -0.294 e. The molecule has 0 bridgehead atoms. The van der Waals surface area contributed by atoms with Gasteiger partial charge in [0.1, 0.15) is 0 Å². The molecule has 1 rings (SSSR count). The summed E-state index contributed by atoms with van der Waals surface area (Å²) in [6.07, 6.45) is 0.593. The van der Waals surface area contributed by atoms with Crippen molar-refractivity contribution in [2.75, 3.05) is 0 Å². The van der Waals surface area contributed by atoms with Gasteiger partial charge in [-0.05, 0) is 17.9 Å². The standard InChI is InChI=1S/C14H19BrO/c1-10(15)11-5-7-12(8-6-11)13(16)9-14(2,3)4/h5-8,10H,9H2,1-4H3/t10-/m1/s1. The summed E-state index contributed by atoms with van der Waals surface area (Å²) in [5.41, 5.74) is 2.07. The minimum atomic E-state index is 0.0540. The van der Waals surface area contributed by atoms with Crippen LogP contribution in [0, 0.1) is 5.41 Å². The van der Waals surface area contributed by atoms with Crippen molar-refractivity contribution in [3.05, 3.63) is 35.4 Å². The molecule has 0 aliphatic carbocycles. The van der Waals surface area contributed by atoms with E-state index in [0.29, 0.717) is 11.2 Å². The molecule has 1 aromatic rings. The van der Waals surface area contributed by atoms with Crippen LogP contribution in [0.3, 0.4) is 0 Å². The van der Waals surface area contributed by atoms with Gasteiger partial charge in [0.05, 0.1) is 0 Å². The molecule has 0 aliphatic heterocycles. The van der Waals surface area contributed by atoms with Gasteiger partial charge in [0.25, 0.3) is 0 Å². The van der Waals surface area contributed by atoms with E-state index in [4.69, 9.17) is 0 Å². The second-order valence-corrected chi connectivity index (χ2v) is 6.77. The molecule has 2 heteroatoms. The molecule has 0 spiro atoms. The molecular weight excluding hydrogens is 264 g/mol. The molecule has 88 valence electrons. The highest BCUT2D eigenvalue weighted by molar-refractivity contribution is 9.09. The van der Waals surface area contributed by atoms with Crippen molar-refractivity contribution in [3.63, 3.8) is 0 Å². The summed E-state index contributed by atoms with van der Waals surface area (Å²) in [4.78, 5) is 12.3. The van der Waals surface area contributed by atoms with Crippen molar-refractivity contribution in [2.24, 2.45) is 5.41 Å². The van der Waals surface area contributed by atoms with Crippen LogP contribution in [-0.2, 0) is 0 Å². The van der Waals surface area contributed by atoms with Crippen molar-refractivity contribution in [2.45, 2.75) is 38.9 Å². The van der Waals surface area contributed by atoms with Gasteiger partial charge in [-0.25, -0.2) is 0 Å². The molecule has 0 heterocycles. The highest BCUT2D eigenvalue weighted by Gasteiger charge is 2.17. The number of carbonyl (C=O) groups excluding carboxylic acids is 1. The van der Waals surface area contributed by atoms with E-state index in [9.17, 15) is 4.79 Å². The fraction of sp³-hybridized carbons (Fsp3) is 0.500. The molecule has 0 saturated carbocycles. The second kappa shape index (κ2) is 5.13. The molecule has 1 nitrogen and oxygen atoms in total. The van der Waals surface area contributed by atoms with Crippen LogP contribution in [-0.4, -0.2) is 5.78 Å². The predicted molar refractivity (Wildman–Crippen MR) is 72.2 cm³/mol. The van der Waals surface area contributed by atoms with Gasteiger partial charge in [-0.3, -0.25) is 4.79 Å². The first-order valence-corrected chi connectivity index (χ1v) is 6.48. The van der Waals surface area contributed by atoms with Gasteiger partial charge in [0.2, 0.25) is 0 Å². The highest BCUT2D eigenvalue weighted by atomic mass is 79.9. The second-order valence-electron chi connectivity index (χ2n) is 5.40. The fourth-order valence-electron chi connectivity index (χ4n) is 1.52. The number of ketones is 1. The molecule has 0 saturated heterocycles. The maximum absolute atomic E-state index is 11.9. The largest absolute Gasteiger partial charge is 0.294 e. The number of benzene rings is 1. The predicted octanol–water partition coefficient (Wildman–Crippen LogP) is 4.76. The molecular formula is C14H19BrO. The first-order valence-electron chi connectivity index (χ1n) is 5.57. The zero-order valence-electron chi connectivity index (χ0n) is 10.4. The number of alkyl halides is 1. The molecule has 0 aromatic heterocycles. The Morgan fingerprint density at radius 2 is 1.75 bits per heavy atom. The Balaban J connectivity index is 2.78. The molecule has 0 amide bonds. The van der Waals surface area contributed by atoms with E-state index in [1.165, 1.54) is 5.56 Å².